The van der Waals surface area contributed by atoms with Gasteiger partial charge in [-0.05, 0) is 42.8 Å². The van der Waals surface area contributed by atoms with E-state index in [9.17, 15) is 0 Å². The summed E-state index contributed by atoms with van der Waals surface area (Å²) in [6.45, 7) is 7.86. The second-order valence-electron chi connectivity index (χ2n) is 6.99. The Bertz CT molecular complexity index is 641. The van der Waals surface area contributed by atoms with Gasteiger partial charge in [0.05, 0.1) is 10.6 Å². The topological polar surface area (TPSA) is 32.3 Å². The van der Waals surface area contributed by atoms with Crippen LogP contribution >= 0.6 is 11.5 Å². The minimum Gasteiger partial charge on any atom is -0.297 e. The van der Waals surface area contributed by atoms with Gasteiger partial charge < -0.3 is 0 Å². The average Bonchev–Trinajstić information content (AvgIpc) is 2.78. The third-order valence-electron chi connectivity index (χ3n) is 5.24. The maximum atomic E-state index is 4.17. The molecular formula is C18H24N4S. The number of hydrogen-bond donors (Lipinski definition) is 0. The van der Waals surface area contributed by atoms with E-state index in [-0.39, 0.29) is 0 Å². The molecule has 0 spiro atoms. The highest BCUT2D eigenvalue weighted by Crippen LogP contribution is 2.30. The Hall–Kier alpha value is -1.30. The Morgan fingerprint density at radius 3 is 2.74 bits per heavy atom. The van der Waals surface area contributed by atoms with E-state index < -0.39 is 0 Å². The second-order valence-corrected chi connectivity index (χ2v) is 7.83. The first-order valence-electron chi connectivity index (χ1n) is 8.56. The Morgan fingerprint density at radius 1 is 1.09 bits per heavy atom. The summed E-state index contributed by atoms with van der Waals surface area (Å²) in [7, 11) is 0. The Kier molecular flexibility index (Phi) is 4.42. The number of fused-ring (bicyclic) bond motifs is 4. The zero-order valence-electron chi connectivity index (χ0n) is 13.7. The smallest absolute Gasteiger partial charge is 0.0769 e. The van der Waals surface area contributed by atoms with Crippen molar-refractivity contribution < 1.29 is 0 Å². The molecule has 0 unspecified atom stereocenters. The van der Waals surface area contributed by atoms with E-state index in [0.29, 0.717) is 6.04 Å². The number of aryl methyl sites for hydroxylation is 1. The van der Waals surface area contributed by atoms with Crippen LogP contribution in [0.2, 0.25) is 0 Å². The van der Waals surface area contributed by atoms with Crippen LogP contribution in [-0.2, 0) is 13.1 Å². The molecule has 4 nitrogen and oxygen atoms in total. The molecular weight excluding hydrogens is 304 g/mol. The van der Waals surface area contributed by atoms with Crippen LogP contribution in [0, 0.1) is 12.8 Å². The predicted octanol–water partition coefficient (Wildman–Crippen LogP) is 2.94. The van der Waals surface area contributed by atoms with Gasteiger partial charge in [-0.15, -0.1) is 5.10 Å². The normalized spacial score (nSPS) is 25.6. The van der Waals surface area contributed by atoms with Crippen molar-refractivity contribution in [2.75, 3.05) is 19.6 Å². The largest absolute Gasteiger partial charge is 0.297 e. The van der Waals surface area contributed by atoms with Crippen LogP contribution < -0.4 is 0 Å². The van der Waals surface area contributed by atoms with Gasteiger partial charge in [0, 0.05) is 38.8 Å². The van der Waals surface area contributed by atoms with Crippen molar-refractivity contribution in [3.8, 4) is 0 Å². The predicted molar refractivity (Wildman–Crippen MR) is 93.3 cm³/mol. The summed E-state index contributed by atoms with van der Waals surface area (Å²) in [5, 5.41) is 4.17. The Labute approximate surface area is 142 Å². The van der Waals surface area contributed by atoms with Crippen LogP contribution in [0.1, 0.15) is 29.0 Å². The summed E-state index contributed by atoms with van der Waals surface area (Å²) in [5.74, 6) is 0.804. The fourth-order valence-corrected chi connectivity index (χ4v) is 4.68. The summed E-state index contributed by atoms with van der Waals surface area (Å²) in [6.07, 6.45) is 2.72. The Balaban J connectivity index is 1.45. The lowest BCUT2D eigenvalue weighted by molar-refractivity contribution is 0.124. The van der Waals surface area contributed by atoms with Crippen LogP contribution in [0.3, 0.4) is 0 Å². The van der Waals surface area contributed by atoms with E-state index in [0.717, 1.165) is 24.7 Å². The molecule has 5 rings (SSSR count). The van der Waals surface area contributed by atoms with Crippen LogP contribution in [0.5, 0.6) is 0 Å². The molecule has 1 aromatic carbocycles. The minimum atomic E-state index is 0.680. The third kappa shape index (κ3) is 3.47. The van der Waals surface area contributed by atoms with Gasteiger partial charge in [0.25, 0.3) is 0 Å². The molecule has 3 saturated heterocycles. The first-order chi connectivity index (χ1) is 11.3. The second kappa shape index (κ2) is 6.67. The van der Waals surface area contributed by atoms with Gasteiger partial charge in [0.15, 0.2) is 0 Å². The van der Waals surface area contributed by atoms with Crippen molar-refractivity contribution in [2.45, 2.75) is 38.9 Å². The van der Waals surface area contributed by atoms with Gasteiger partial charge in [-0.2, -0.15) is 0 Å². The van der Waals surface area contributed by atoms with E-state index in [1.807, 2.05) is 0 Å². The number of aromatic nitrogens is 2. The molecule has 23 heavy (non-hydrogen) atoms. The van der Waals surface area contributed by atoms with E-state index in [2.05, 4.69) is 56.6 Å². The zero-order chi connectivity index (χ0) is 15.6. The highest BCUT2D eigenvalue weighted by atomic mass is 32.1. The molecule has 2 aromatic rings. The van der Waals surface area contributed by atoms with Crippen molar-refractivity contribution in [3.63, 3.8) is 0 Å². The third-order valence-corrected chi connectivity index (χ3v) is 6.05. The molecule has 4 heterocycles. The van der Waals surface area contributed by atoms with Gasteiger partial charge in [-0.3, -0.25) is 9.80 Å². The number of piperidine rings is 1. The van der Waals surface area contributed by atoms with E-state index in [4.69, 9.17) is 0 Å². The number of benzene rings is 1. The maximum absolute atomic E-state index is 4.17. The fourth-order valence-electron chi connectivity index (χ4n) is 4.02. The van der Waals surface area contributed by atoms with Crippen molar-refractivity contribution in [1.82, 2.24) is 19.4 Å². The minimum absolute atomic E-state index is 0.680. The van der Waals surface area contributed by atoms with Crippen LogP contribution in [0.25, 0.3) is 0 Å². The Morgan fingerprint density at radius 2 is 1.96 bits per heavy atom. The standard InChI is InChI=1S/C18H24N4S/c1-14-18(23-20-19-14)13-22-11-16-7-8-17(22)12-21(10-16)9-15-5-3-2-4-6-15/h2-6,16-17H,7-13H2,1H3/t16-,17+/m0/s1. The van der Waals surface area contributed by atoms with Gasteiger partial charge >= 0.3 is 0 Å². The molecule has 0 aliphatic carbocycles. The maximum Gasteiger partial charge on any atom is 0.0769 e. The van der Waals surface area contributed by atoms with Crippen molar-refractivity contribution in [1.29, 1.82) is 0 Å². The first kappa shape index (κ1) is 15.2. The highest BCUT2D eigenvalue weighted by molar-refractivity contribution is 7.05. The van der Waals surface area contributed by atoms with Crippen molar-refractivity contribution in [3.05, 3.63) is 46.5 Å². The molecule has 2 bridgehead atoms. The monoisotopic (exact) mass is 328 g/mol. The van der Waals surface area contributed by atoms with Gasteiger partial charge in [0.1, 0.15) is 0 Å². The lowest BCUT2D eigenvalue weighted by Crippen LogP contribution is -2.43. The molecule has 3 aliphatic rings. The summed E-state index contributed by atoms with van der Waals surface area (Å²) >= 11 is 1.56. The zero-order valence-corrected chi connectivity index (χ0v) is 14.5. The quantitative estimate of drug-likeness (QED) is 0.864. The lowest BCUT2D eigenvalue weighted by Gasteiger charge is -2.35. The molecule has 3 aliphatic heterocycles. The molecule has 1 aromatic heterocycles. The molecule has 0 N–H and O–H groups in total. The highest BCUT2D eigenvalue weighted by Gasteiger charge is 2.35. The van der Waals surface area contributed by atoms with Crippen LogP contribution in [0.4, 0.5) is 0 Å². The number of nitrogens with zero attached hydrogens (tertiary/aromatic N) is 4. The van der Waals surface area contributed by atoms with Gasteiger partial charge in [-0.1, -0.05) is 34.8 Å². The molecule has 122 valence electrons. The van der Waals surface area contributed by atoms with Crippen molar-refractivity contribution in [2.24, 2.45) is 5.92 Å². The SMILES string of the molecule is Cc1nnsc1CN1C[C@H]2CC[C@@H]1CN(Cc1ccccc1)C2. The van der Waals surface area contributed by atoms with Gasteiger partial charge in [0.2, 0.25) is 0 Å². The van der Waals surface area contributed by atoms with Gasteiger partial charge in [-0.25, -0.2) is 0 Å². The number of rotatable bonds is 4. The van der Waals surface area contributed by atoms with Crippen LogP contribution in [-0.4, -0.2) is 45.1 Å². The number of hydrogen-bond acceptors (Lipinski definition) is 5. The fraction of sp³-hybridized carbons (Fsp3) is 0.556. The summed E-state index contributed by atoms with van der Waals surface area (Å²) < 4.78 is 4.10. The average molecular weight is 328 g/mol. The van der Waals surface area contributed by atoms with Crippen LogP contribution in [0.15, 0.2) is 30.3 Å². The lowest BCUT2D eigenvalue weighted by atomic mass is 9.95. The van der Waals surface area contributed by atoms with E-state index in [1.54, 1.807) is 11.5 Å². The molecule has 0 saturated carbocycles. The summed E-state index contributed by atoms with van der Waals surface area (Å²) in [6, 6.07) is 11.6. The molecule has 2 atom stereocenters. The summed E-state index contributed by atoms with van der Waals surface area (Å²) in [5.41, 5.74) is 2.54. The summed E-state index contributed by atoms with van der Waals surface area (Å²) in [4.78, 5) is 6.68. The van der Waals surface area contributed by atoms with Crippen molar-refractivity contribution >= 4 is 11.5 Å². The molecule has 5 heteroatoms. The van der Waals surface area contributed by atoms with E-state index >= 15 is 0 Å². The van der Waals surface area contributed by atoms with E-state index in [1.165, 1.54) is 42.9 Å². The molecule has 0 amide bonds. The first-order valence-corrected chi connectivity index (χ1v) is 9.33. The molecule has 3 fully saturated rings. The molecule has 0 radical (unpaired) electrons.